The van der Waals surface area contributed by atoms with E-state index in [0.717, 1.165) is 28.0 Å². The number of nitrogen functional groups attached to an aromatic ring is 1. The molecule has 3 aromatic heterocycles. The van der Waals surface area contributed by atoms with Gasteiger partial charge >= 0.3 is 6.18 Å². The second-order valence-corrected chi connectivity index (χ2v) is 7.50. The Kier molecular flexibility index (Phi) is 4.18. The van der Waals surface area contributed by atoms with Crippen LogP contribution in [0.4, 0.5) is 19.0 Å². The molecule has 3 heterocycles. The van der Waals surface area contributed by atoms with Crippen LogP contribution in [-0.4, -0.2) is 44.2 Å². The number of aromatic nitrogens is 6. The Labute approximate surface area is 145 Å². The molecule has 138 valence electrons. The number of rotatable bonds is 4. The van der Waals surface area contributed by atoms with Gasteiger partial charge in [-0.25, -0.2) is 18.4 Å². The molecule has 0 aliphatic heterocycles. The first-order valence-corrected chi connectivity index (χ1v) is 9.06. The van der Waals surface area contributed by atoms with Gasteiger partial charge in [-0.05, 0) is 6.07 Å². The van der Waals surface area contributed by atoms with Crippen LogP contribution in [0.15, 0.2) is 30.9 Å². The zero-order valence-corrected chi connectivity index (χ0v) is 14.0. The highest BCUT2D eigenvalue weighted by Crippen LogP contribution is 2.40. The topological polar surface area (TPSA) is 122 Å². The van der Waals surface area contributed by atoms with Crippen molar-refractivity contribution in [3.05, 3.63) is 36.5 Å². The van der Waals surface area contributed by atoms with Crippen molar-refractivity contribution >= 4 is 15.7 Å². The SMILES string of the molecule is CS(=O)(=O)Cn1cc(-c2c(C(F)(F)F)nn(-c3ncccn3)c2N)cn1. The lowest BCUT2D eigenvalue weighted by Crippen LogP contribution is -2.10. The van der Waals surface area contributed by atoms with Crippen molar-refractivity contribution < 1.29 is 21.6 Å². The third kappa shape index (κ3) is 3.51. The first kappa shape index (κ1) is 17.8. The molecule has 0 aliphatic carbocycles. The summed E-state index contributed by atoms with van der Waals surface area (Å²) in [6.07, 6.45) is 1.09. The number of hydrogen-bond donors (Lipinski definition) is 1. The van der Waals surface area contributed by atoms with Crippen LogP contribution in [0.5, 0.6) is 0 Å². The molecule has 0 radical (unpaired) electrons. The van der Waals surface area contributed by atoms with Gasteiger partial charge in [0.15, 0.2) is 15.5 Å². The third-order valence-corrected chi connectivity index (χ3v) is 3.95. The lowest BCUT2D eigenvalue weighted by atomic mass is 10.1. The summed E-state index contributed by atoms with van der Waals surface area (Å²) in [6.45, 7) is 0. The molecule has 0 saturated carbocycles. The van der Waals surface area contributed by atoms with Gasteiger partial charge in [0.2, 0.25) is 0 Å². The van der Waals surface area contributed by atoms with E-state index in [2.05, 4.69) is 20.2 Å². The highest BCUT2D eigenvalue weighted by atomic mass is 32.2. The van der Waals surface area contributed by atoms with Crippen LogP contribution in [-0.2, 0) is 21.9 Å². The number of nitrogens with two attached hydrogens (primary N) is 1. The molecular weight excluding hydrogens is 375 g/mol. The quantitative estimate of drug-likeness (QED) is 0.712. The van der Waals surface area contributed by atoms with Gasteiger partial charge in [-0.3, -0.25) is 4.68 Å². The molecule has 0 bridgehead atoms. The number of hydrogen-bond acceptors (Lipinski definition) is 7. The van der Waals surface area contributed by atoms with Crippen molar-refractivity contribution in [2.45, 2.75) is 12.1 Å². The summed E-state index contributed by atoms with van der Waals surface area (Å²) in [4.78, 5) is 7.67. The van der Waals surface area contributed by atoms with E-state index < -0.39 is 33.1 Å². The molecule has 3 rings (SSSR count). The average Bonchev–Trinajstić information content (AvgIpc) is 3.10. The van der Waals surface area contributed by atoms with Gasteiger partial charge in [-0.2, -0.15) is 28.1 Å². The molecule has 26 heavy (non-hydrogen) atoms. The monoisotopic (exact) mass is 387 g/mol. The molecule has 2 N–H and O–H groups in total. The predicted molar refractivity (Wildman–Crippen MR) is 84.6 cm³/mol. The van der Waals surface area contributed by atoms with Crippen LogP contribution in [0.3, 0.4) is 0 Å². The fourth-order valence-corrected chi connectivity index (χ4v) is 2.89. The molecular formula is C13H12F3N7O2S. The molecule has 0 unspecified atom stereocenters. The first-order valence-electron chi connectivity index (χ1n) is 7.00. The zero-order chi connectivity index (χ0) is 19.1. The summed E-state index contributed by atoms with van der Waals surface area (Å²) in [5.41, 5.74) is 4.16. The smallest absolute Gasteiger partial charge is 0.383 e. The van der Waals surface area contributed by atoms with Gasteiger partial charge in [0.25, 0.3) is 5.95 Å². The molecule has 0 atom stereocenters. The molecule has 0 spiro atoms. The van der Waals surface area contributed by atoms with Crippen LogP contribution in [0.1, 0.15) is 5.69 Å². The van der Waals surface area contributed by atoms with Gasteiger partial charge in [0.05, 0.1) is 11.8 Å². The van der Waals surface area contributed by atoms with Crippen molar-refractivity contribution in [1.82, 2.24) is 29.5 Å². The van der Waals surface area contributed by atoms with E-state index >= 15 is 0 Å². The van der Waals surface area contributed by atoms with Gasteiger partial charge in [0.1, 0.15) is 11.7 Å². The standard InChI is InChI=1S/C13H12F3N7O2S/c1-26(24,25)7-22-6-8(5-20-22)9-10(13(14,15)16)21-23(11(9)17)12-18-3-2-4-19-12/h2-6H,7,17H2,1H3. The van der Waals surface area contributed by atoms with Gasteiger partial charge < -0.3 is 5.73 Å². The van der Waals surface area contributed by atoms with Crippen LogP contribution in [0, 0.1) is 0 Å². The normalized spacial score (nSPS) is 12.5. The Balaban J connectivity index is 2.16. The van der Waals surface area contributed by atoms with E-state index in [9.17, 15) is 21.6 Å². The minimum atomic E-state index is -4.80. The average molecular weight is 387 g/mol. The van der Waals surface area contributed by atoms with Crippen LogP contribution < -0.4 is 5.73 Å². The largest absolute Gasteiger partial charge is 0.435 e. The molecule has 13 heteroatoms. The summed E-state index contributed by atoms with van der Waals surface area (Å²) in [6, 6.07) is 1.49. The lowest BCUT2D eigenvalue weighted by Gasteiger charge is -2.04. The summed E-state index contributed by atoms with van der Waals surface area (Å²) in [5.74, 6) is -0.961. The molecule has 0 saturated heterocycles. The van der Waals surface area contributed by atoms with Gasteiger partial charge in [-0.1, -0.05) is 0 Å². The Morgan fingerprint density at radius 2 is 1.88 bits per heavy atom. The third-order valence-electron chi connectivity index (χ3n) is 3.22. The second kappa shape index (κ2) is 6.09. The number of nitrogens with zero attached hydrogens (tertiary/aromatic N) is 6. The Hall–Kier alpha value is -2.96. The minimum absolute atomic E-state index is 0.0272. The number of halogens is 3. The van der Waals surface area contributed by atoms with Crippen molar-refractivity contribution in [1.29, 1.82) is 0 Å². The molecule has 3 aromatic rings. The van der Waals surface area contributed by atoms with Crippen LogP contribution >= 0.6 is 0 Å². The minimum Gasteiger partial charge on any atom is -0.383 e. The molecule has 0 aliphatic rings. The van der Waals surface area contributed by atoms with Crippen molar-refractivity contribution in [2.75, 3.05) is 12.0 Å². The molecule has 9 nitrogen and oxygen atoms in total. The zero-order valence-electron chi connectivity index (χ0n) is 13.2. The van der Waals surface area contributed by atoms with E-state index in [4.69, 9.17) is 5.73 Å². The van der Waals surface area contributed by atoms with E-state index in [-0.39, 0.29) is 17.3 Å². The van der Waals surface area contributed by atoms with Crippen molar-refractivity contribution in [2.24, 2.45) is 0 Å². The summed E-state index contributed by atoms with van der Waals surface area (Å²) >= 11 is 0. The molecule has 0 amide bonds. The van der Waals surface area contributed by atoms with Gasteiger partial charge in [0, 0.05) is 30.4 Å². The highest BCUT2D eigenvalue weighted by Gasteiger charge is 2.40. The van der Waals surface area contributed by atoms with Gasteiger partial charge in [-0.15, -0.1) is 0 Å². The van der Waals surface area contributed by atoms with Crippen molar-refractivity contribution in [3.63, 3.8) is 0 Å². The van der Waals surface area contributed by atoms with E-state index in [1.54, 1.807) is 0 Å². The fraction of sp³-hybridized carbons (Fsp3) is 0.231. The van der Waals surface area contributed by atoms with Crippen LogP contribution in [0.25, 0.3) is 17.1 Å². The van der Waals surface area contributed by atoms with Crippen molar-refractivity contribution in [3.8, 4) is 17.1 Å². The summed E-state index contributed by atoms with van der Waals surface area (Å²) < 4.78 is 64.7. The maximum atomic E-state index is 13.4. The summed E-state index contributed by atoms with van der Waals surface area (Å²) in [7, 11) is -3.43. The maximum absolute atomic E-state index is 13.4. The maximum Gasteiger partial charge on any atom is 0.435 e. The number of anilines is 1. The predicted octanol–water partition coefficient (Wildman–Crippen LogP) is 1.13. The van der Waals surface area contributed by atoms with Crippen LogP contribution in [0.2, 0.25) is 0 Å². The van der Waals surface area contributed by atoms with E-state index in [0.29, 0.717) is 0 Å². The Morgan fingerprint density at radius 3 is 2.46 bits per heavy atom. The second-order valence-electron chi connectivity index (χ2n) is 5.39. The first-order chi connectivity index (χ1) is 12.1. The Morgan fingerprint density at radius 1 is 1.23 bits per heavy atom. The number of sulfone groups is 1. The van der Waals surface area contributed by atoms with E-state index in [1.807, 2.05) is 0 Å². The summed E-state index contributed by atoms with van der Waals surface area (Å²) in [5, 5.41) is 7.27. The molecule has 0 fully saturated rings. The lowest BCUT2D eigenvalue weighted by molar-refractivity contribution is -0.140. The highest BCUT2D eigenvalue weighted by molar-refractivity contribution is 7.89. The number of alkyl halides is 3. The fourth-order valence-electron chi connectivity index (χ4n) is 2.27. The van der Waals surface area contributed by atoms with E-state index in [1.165, 1.54) is 18.5 Å². The molecule has 0 aromatic carbocycles. The Bertz CT molecular complexity index is 1040.